The van der Waals surface area contributed by atoms with E-state index in [0.29, 0.717) is 6.42 Å². The fourth-order valence-electron chi connectivity index (χ4n) is 4.15. The number of rotatable bonds is 4. The number of nitrogens with one attached hydrogen (secondary N) is 1. The molecule has 1 saturated heterocycles. The maximum atomic E-state index is 14.0. The zero-order valence-corrected chi connectivity index (χ0v) is 14.5. The van der Waals surface area contributed by atoms with Crippen LogP contribution in [0.2, 0.25) is 0 Å². The maximum Gasteiger partial charge on any atom is 0.239 e. The van der Waals surface area contributed by atoms with Crippen molar-refractivity contribution in [1.82, 2.24) is 10.2 Å². The molecule has 2 aliphatic heterocycles. The van der Waals surface area contributed by atoms with Gasteiger partial charge in [0.05, 0.1) is 42.7 Å². The van der Waals surface area contributed by atoms with Gasteiger partial charge in [0.25, 0.3) is 0 Å². The van der Waals surface area contributed by atoms with Gasteiger partial charge in [-0.25, -0.2) is 8.78 Å². The second-order valence-electron chi connectivity index (χ2n) is 7.18. The maximum absolute atomic E-state index is 14.0. The molecule has 27 heavy (non-hydrogen) atoms. The van der Waals surface area contributed by atoms with Crippen molar-refractivity contribution in [2.24, 2.45) is 10.9 Å². The highest BCUT2D eigenvalue weighted by atomic mass is 19.1. The first-order valence-electron chi connectivity index (χ1n) is 8.91. The van der Waals surface area contributed by atoms with E-state index in [1.165, 1.54) is 17.0 Å². The molecule has 3 aliphatic rings. The first-order valence-corrected chi connectivity index (χ1v) is 8.91. The van der Waals surface area contributed by atoms with E-state index in [1.807, 2.05) is 6.07 Å². The monoisotopic (exact) mass is 372 g/mol. The number of carbonyl (C=O) groups excluding carboxylic acids is 2. The Morgan fingerprint density at radius 3 is 2.93 bits per heavy atom. The number of fused-ring (bicyclic) bond motifs is 5. The Hall–Kier alpha value is -2.82. The van der Waals surface area contributed by atoms with E-state index >= 15 is 0 Å². The minimum absolute atomic E-state index is 0.0422. The quantitative estimate of drug-likeness (QED) is 0.872. The molecular weight excluding hydrogens is 354 g/mol. The normalized spacial score (nSPS) is 28.6. The van der Waals surface area contributed by atoms with Crippen molar-refractivity contribution in [2.75, 3.05) is 19.6 Å². The average molecular weight is 372 g/mol. The molecule has 0 radical (unpaired) electrons. The summed E-state index contributed by atoms with van der Waals surface area (Å²) in [5.41, 5.74) is 1.82. The Labute approximate surface area is 154 Å². The summed E-state index contributed by atoms with van der Waals surface area (Å²) in [7, 11) is 0. The van der Waals surface area contributed by atoms with Crippen molar-refractivity contribution in [2.45, 2.75) is 31.0 Å². The highest BCUT2D eigenvalue weighted by molar-refractivity contribution is 5.96. The highest BCUT2D eigenvalue weighted by Gasteiger charge is 2.49. The predicted octanol–water partition coefficient (Wildman–Crippen LogP) is 1.64. The van der Waals surface area contributed by atoms with Crippen LogP contribution in [-0.2, 0) is 9.59 Å². The number of alkyl halides is 1. The Morgan fingerprint density at radius 2 is 2.19 bits per heavy atom. The van der Waals surface area contributed by atoms with Crippen molar-refractivity contribution >= 4 is 17.5 Å². The number of amides is 2. The number of halogens is 2. The van der Waals surface area contributed by atoms with Gasteiger partial charge in [0, 0.05) is 6.42 Å². The van der Waals surface area contributed by atoms with Crippen LogP contribution in [0.5, 0.6) is 0 Å². The van der Waals surface area contributed by atoms with E-state index in [4.69, 9.17) is 5.26 Å². The molecule has 1 aliphatic carbocycles. The van der Waals surface area contributed by atoms with Crippen LogP contribution in [0.3, 0.4) is 0 Å². The van der Waals surface area contributed by atoms with Crippen LogP contribution in [-0.4, -0.2) is 48.2 Å². The van der Waals surface area contributed by atoms with Gasteiger partial charge in [-0.2, -0.15) is 5.26 Å². The van der Waals surface area contributed by atoms with Crippen molar-refractivity contribution < 1.29 is 18.4 Å². The van der Waals surface area contributed by atoms with Gasteiger partial charge in [-0.05, 0) is 29.7 Å². The standard InChI is InChI=1S/C19H18F2N4O2/c20-11-1-2-12-13(4-11)17-5-14(12)19(27)25(17)9-18(26)24-8-16-15(21)3-10(6-22)7-23-16/h1-2,4,10,14-15,17H,3,5,7-9H2,(H,24,26)/t10?,14-,15?,17+/m1/s1. The minimum Gasteiger partial charge on any atom is -0.349 e. The Balaban J connectivity index is 1.38. The van der Waals surface area contributed by atoms with Crippen LogP contribution in [0.15, 0.2) is 23.2 Å². The van der Waals surface area contributed by atoms with E-state index in [0.717, 1.165) is 11.1 Å². The van der Waals surface area contributed by atoms with Crippen LogP contribution < -0.4 is 5.32 Å². The fraction of sp³-hybridized carbons (Fsp3) is 0.474. The number of nitrogens with zero attached hydrogens (tertiary/aromatic N) is 3. The number of hydrogen-bond donors (Lipinski definition) is 1. The van der Waals surface area contributed by atoms with E-state index in [2.05, 4.69) is 10.3 Å². The van der Waals surface area contributed by atoms with Crippen molar-refractivity contribution in [3.8, 4) is 6.07 Å². The van der Waals surface area contributed by atoms with E-state index in [1.54, 1.807) is 6.07 Å². The van der Waals surface area contributed by atoms with E-state index < -0.39 is 18.0 Å². The van der Waals surface area contributed by atoms with E-state index in [-0.39, 0.29) is 55.5 Å². The summed E-state index contributed by atoms with van der Waals surface area (Å²) in [6.07, 6.45) is -0.704. The van der Waals surface area contributed by atoms with Gasteiger partial charge in [0.15, 0.2) is 0 Å². The van der Waals surface area contributed by atoms with E-state index in [9.17, 15) is 18.4 Å². The van der Waals surface area contributed by atoms with Gasteiger partial charge in [0.1, 0.15) is 18.5 Å². The lowest BCUT2D eigenvalue weighted by atomic mass is 9.97. The highest BCUT2D eigenvalue weighted by Crippen LogP contribution is 2.50. The number of benzene rings is 1. The van der Waals surface area contributed by atoms with Crippen LogP contribution in [0, 0.1) is 23.1 Å². The van der Waals surface area contributed by atoms with Crippen molar-refractivity contribution in [3.05, 3.63) is 35.1 Å². The van der Waals surface area contributed by atoms with Gasteiger partial charge in [-0.1, -0.05) is 6.07 Å². The first kappa shape index (κ1) is 17.6. The molecule has 1 aromatic carbocycles. The number of carbonyl (C=O) groups is 2. The number of nitriles is 1. The molecule has 0 spiro atoms. The zero-order chi connectivity index (χ0) is 19.1. The zero-order valence-electron chi connectivity index (χ0n) is 14.5. The summed E-state index contributed by atoms with van der Waals surface area (Å²) < 4.78 is 27.5. The molecule has 2 bridgehead atoms. The van der Waals surface area contributed by atoms with Crippen LogP contribution >= 0.6 is 0 Å². The van der Waals surface area contributed by atoms with Crippen molar-refractivity contribution in [3.63, 3.8) is 0 Å². The van der Waals surface area contributed by atoms with Gasteiger partial charge in [-0.15, -0.1) is 0 Å². The summed E-state index contributed by atoms with van der Waals surface area (Å²) in [5.74, 6) is -1.66. The summed E-state index contributed by atoms with van der Waals surface area (Å²) in [5, 5.41) is 11.4. The third-order valence-electron chi connectivity index (χ3n) is 5.53. The lowest BCUT2D eigenvalue weighted by Gasteiger charge is -2.28. The molecule has 8 heteroatoms. The first-order chi connectivity index (χ1) is 13.0. The molecule has 2 heterocycles. The summed E-state index contributed by atoms with van der Waals surface area (Å²) in [6, 6.07) is 6.11. The largest absolute Gasteiger partial charge is 0.349 e. The van der Waals surface area contributed by atoms with Crippen LogP contribution in [0.4, 0.5) is 8.78 Å². The van der Waals surface area contributed by atoms with Gasteiger partial charge >= 0.3 is 0 Å². The fourth-order valence-corrected chi connectivity index (χ4v) is 4.15. The van der Waals surface area contributed by atoms with Crippen molar-refractivity contribution in [1.29, 1.82) is 5.26 Å². The van der Waals surface area contributed by atoms with Crippen LogP contribution in [0.1, 0.15) is 35.9 Å². The number of likely N-dealkylation sites (tertiary alicyclic amines) is 1. The van der Waals surface area contributed by atoms with Gasteiger partial charge in [-0.3, -0.25) is 14.6 Å². The predicted molar refractivity (Wildman–Crippen MR) is 92.1 cm³/mol. The molecule has 140 valence electrons. The molecule has 1 N–H and O–H groups in total. The molecule has 6 nitrogen and oxygen atoms in total. The lowest BCUT2D eigenvalue weighted by molar-refractivity contribution is -0.135. The molecule has 0 aromatic heterocycles. The molecule has 2 amide bonds. The second-order valence-corrected chi connectivity index (χ2v) is 7.18. The van der Waals surface area contributed by atoms with Gasteiger partial charge in [0.2, 0.25) is 11.8 Å². The topological polar surface area (TPSA) is 85.6 Å². The molecule has 4 atom stereocenters. The van der Waals surface area contributed by atoms with Gasteiger partial charge < -0.3 is 10.2 Å². The molecule has 2 unspecified atom stereocenters. The minimum atomic E-state index is -1.34. The number of hydrogen-bond acceptors (Lipinski definition) is 4. The smallest absolute Gasteiger partial charge is 0.239 e. The van der Waals surface area contributed by atoms with Crippen LogP contribution in [0.25, 0.3) is 0 Å². The average Bonchev–Trinajstić information content (AvgIpc) is 3.17. The third-order valence-corrected chi connectivity index (χ3v) is 5.53. The Kier molecular flexibility index (Phi) is 4.38. The lowest BCUT2D eigenvalue weighted by Crippen LogP contribution is -2.44. The number of aliphatic imine (C=N–C) groups is 1. The molecule has 1 aromatic rings. The summed E-state index contributed by atoms with van der Waals surface area (Å²) >= 11 is 0. The Bertz CT molecular complexity index is 879. The second kappa shape index (κ2) is 6.72. The third kappa shape index (κ3) is 3.07. The molecule has 1 fully saturated rings. The summed E-state index contributed by atoms with van der Waals surface area (Å²) in [4.78, 5) is 30.3. The molecule has 4 rings (SSSR count). The summed E-state index contributed by atoms with van der Waals surface area (Å²) in [6.45, 7) is 0.0410. The molecule has 0 saturated carbocycles. The Morgan fingerprint density at radius 1 is 1.37 bits per heavy atom. The SMILES string of the molecule is N#CC1CN=C(CNC(=O)CN2C(=O)[C@@H]3C[C@H]2c2cc(F)ccc23)C(F)C1. The molecular formula is C19H18F2N4O2.